The van der Waals surface area contributed by atoms with E-state index < -0.39 is 40.8 Å². The van der Waals surface area contributed by atoms with Gasteiger partial charge in [-0.3, -0.25) is 0 Å². The molecule has 0 aliphatic rings. The van der Waals surface area contributed by atoms with E-state index in [0.717, 1.165) is 0 Å². The molecule has 5 heteroatoms. The minimum absolute atomic E-state index is 0.287. The second kappa shape index (κ2) is 5.00. The topological polar surface area (TPSA) is 37.3 Å². The van der Waals surface area contributed by atoms with Crippen molar-refractivity contribution in [3.05, 3.63) is 34.1 Å². The van der Waals surface area contributed by atoms with Gasteiger partial charge in [-0.05, 0) is 11.8 Å². The van der Waals surface area contributed by atoms with Gasteiger partial charge in [0.2, 0.25) is 0 Å². The molecule has 0 aliphatic carbocycles. The number of rotatable bonds is 3. The van der Waals surface area contributed by atoms with Crippen molar-refractivity contribution >= 4 is 5.97 Å². The summed E-state index contributed by atoms with van der Waals surface area (Å²) >= 11 is 0. The first-order valence-corrected chi connectivity index (χ1v) is 5.63. The minimum Gasteiger partial charge on any atom is -0.478 e. The molecule has 0 aromatic heterocycles. The van der Waals surface area contributed by atoms with E-state index in [9.17, 15) is 18.0 Å². The van der Waals surface area contributed by atoms with Crippen LogP contribution < -0.4 is 0 Å². The highest BCUT2D eigenvalue weighted by Crippen LogP contribution is 2.34. The van der Waals surface area contributed by atoms with Crippen molar-refractivity contribution in [2.75, 3.05) is 0 Å². The van der Waals surface area contributed by atoms with Gasteiger partial charge in [-0.25, -0.2) is 18.0 Å². The van der Waals surface area contributed by atoms with E-state index in [1.165, 1.54) is 27.7 Å². The van der Waals surface area contributed by atoms with E-state index in [2.05, 4.69) is 0 Å². The molecule has 1 aromatic rings. The molecule has 0 unspecified atom stereocenters. The Morgan fingerprint density at radius 3 is 1.44 bits per heavy atom. The molecule has 18 heavy (non-hydrogen) atoms. The van der Waals surface area contributed by atoms with Gasteiger partial charge in [-0.2, -0.15) is 0 Å². The Hall–Kier alpha value is -1.52. The SMILES string of the molecule is CC(C)c1c(F)c(F)c(F)c(C(C)C)c1C(=O)O. The molecule has 1 N–H and O–H groups in total. The van der Waals surface area contributed by atoms with Crippen molar-refractivity contribution in [2.45, 2.75) is 39.5 Å². The first-order chi connectivity index (χ1) is 8.20. The number of carbonyl (C=O) groups is 1. The standard InChI is InChI=1S/C13H15F3O2/c1-5(2)7-9(13(17)18)8(6(3)4)11(15)12(16)10(7)14/h5-6H,1-4H3,(H,17,18). The lowest BCUT2D eigenvalue weighted by Crippen LogP contribution is -2.16. The lowest BCUT2D eigenvalue weighted by molar-refractivity contribution is 0.0691. The number of hydrogen-bond acceptors (Lipinski definition) is 1. The van der Waals surface area contributed by atoms with Crippen molar-refractivity contribution in [2.24, 2.45) is 0 Å². The number of halogens is 3. The maximum atomic E-state index is 13.7. The summed E-state index contributed by atoms with van der Waals surface area (Å²) in [4.78, 5) is 11.2. The third-order valence-corrected chi connectivity index (χ3v) is 2.77. The van der Waals surface area contributed by atoms with E-state index in [1.807, 2.05) is 0 Å². The molecular weight excluding hydrogens is 245 g/mol. The van der Waals surface area contributed by atoms with Gasteiger partial charge < -0.3 is 5.11 Å². The van der Waals surface area contributed by atoms with Crippen LogP contribution in [0.4, 0.5) is 13.2 Å². The van der Waals surface area contributed by atoms with Gasteiger partial charge in [0.05, 0.1) is 5.56 Å². The molecule has 0 spiro atoms. The van der Waals surface area contributed by atoms with Gasteiger partial charge in [-0.1, -0.05) is 27.7 Å². The van der Waals surface area contributed by atoms with Crippen LogP contribution in [0.25, 0.3) is 0 Å². The van der Waals surface area contributed by atoms with Crippen LogP contribution in [0.1, 0.15) is 61.0 Å². The minimum atomic E-state index is -1.60. The zero-order chi connectivity index (χ0) is 14.2. The van der Waals surface area contributed by atoms with Crippen molar-refractivity contribution in [1.82, 2.24) is 0 Å². The molecule has 2 nitrogen and oxygen atoms in total. The van der Waals surface area contributed by atoms with E-state index in [4.69, 9.17) is 5.11 Å². The normalized spacial score (nSPS) is 11.4. The fraction of sp³-hybridized carbons (Fsp3) is 0.462. The van der Waals surface area contributed by atoms with Crippen molar-refractivity contribution in [3.8, 4) is 0 Å². The average Bonchev–Trinajstić information content (AvgIpc) is 2.23. The quantitative estimate of drug-likeness (QED) is 0.832. The highest BCUT2D eigenvalue weighted by atomic mass is 19.2. The van der Waals surface area contributed by atoms with Crippen LogP contribution in [0.5, 0.6) is 0 Å². The van der Waals surface area contributed by atoms with E-state index in [0.29, 0.717) is 0 Å². The summed E-state index contributed by atoms with van der Waals surface area (Å²) in [5.74, 6) is -6.98. The maximum absolute atomic E-state index is 13.7. The van der Waals surface area contributed by atoms with Crippen molar-refractivity contribution in [1.29, 1.82) is 0 Å². The Balaban J connectivity index is 3.87. The van der Waals surface area contributed by atoms with Gasteiger partial charge in [-0.15, -0.1) is 0 Å². The fourth-order valence-corrected chi connectivity index (χ4v) is 2.01. The molecule has 100 valence electrons. The van der Waals surface area contributed by atoms with Gasteiger partial charge in [0.15, 0.2) is 17.5 Å². The van der Waals surface area contributed by atoms with Gasteiger partial charge in [0.1, 0.15) is 0 Å². The van der Waals surface area contributed by atoms with Crippen LogP contribution in [0.3, 0.4) is 0 Å². The molecule has 0 saturated carbocycles. The van der Waals surface area contributed by atoms with Crippen LogP contribution in [0.15, 0.2) is 0 Å². The van der Waals surface area contributed by atoms with E-state index in [1.54, 1.807) is 0 Å². The molecule has 0 amide bonds. The summed E-state index contributed by atoms with van der Waals surface area (Å²) in [7, 11) is 0. The molecule has 1 aromatic carbocycles. The molecule has 0 bridgehead atoms. The lowest BCUT2D eigenvalue weighted by Gasteiger charge is -2.19. The van der Waals surface area contributed by atoms with Gasteiger partial charge in [0, 0.05) is 11.1 Å². The van der Waals surface area contributed by atoms with Gasteiger partial charge >= 0.3 is 5.97 Å². The molecule has 1 rings (SSSR count). The first kappa shape index (κ1) is 14.5. The summed E-state index contributed by atoms with van der Waals surface area (Å²) in [6, 6.07) is 0. The fourth-order valence-electron chi connectivity index (χ4n) is 2.01. The molecule has 0 saturated heterocycles. The summed E-state index contributed by atoms with van der Waals surface area (Å²) in [5, 5.41) is 9.13. The molecule has 0 atom stereocenters. The van der Waals surface area contributed by atoms with Crippen LogP contribution in [-0.4, -0.2) is 11.1 Å². The molecule has 0 radical (unpaired) electrons. The second-order valence-corrected chi connectivity index (χ2v) is 4.76. The number of aromatic carboxylic acids is 1. The third-order valence-electron chi connectivity index (χ3n) is 2.77. The number of benzene rings is 1. The summed E-state index contributed by atoms with van der Waals surface area (Å²) in [6.45, 7) is 6.14. The summed E-state index contributed by atoms with van der Waals surface area (Å²) in [6.07, 6.45) is 0. The first-order valence-electron chi connectivity index (χ1n) is 5.63. The Labute approximate surface area is 103 Å². The highest BCUT2D eigenvalue weighted by molar-refractivity contribution is 5.92. The number of carboxylic acid groups (broad SMARTS) is 1. The number of carboxylic acids is 1. The summed E-state index contributed by atoms with van der Waals surface area (Å²) < 4.78 is 40.9. The summed E-state index contributed by atoms with van der Waals surface area (Å²) in [5.41, 5.74) is -1.04. The molecule has 0 aliphatic heterocycles. The van der Waals surface area contributed by atoms with Crippen LogP contribution >= 0.6 is 0 Å². The van der Waals surface area contributed by atoms with Crippen LogP contribution in [-0.2, 0) is 0 Å². The highest BCUT2D eigenvalue weighted by Gasteiger charge is 2.30. The predicted molar refractivity (Wildman–Crippen MR) is 61.5 cm³/mol. The Kier molecular flexibility index (Phi) is 4.04. The zero-order valence-electron chi connectivity index (χ0n) is 10.6. The zero-order valence-corrected chi connectivity index (χ0v) is 10.6. The second-order valence-electron chi connectivity index (χ2n) is 4.76. The molecule has 0 heterocycles. The van der Waals surface area contributed by atoms with Crippen molar-refractivity contribution < 1.29 is 23.1 Å². The molecular formula is C13H15F3O2. The molecule has 0 fully saturated rings. The van der Waals surface area contributed by atoms with Crippen LogP contribution in [0, 0.1) is 17.5 Å². The van der Waals surface area contributed by atoms with Crippen LogP contribution in [0.2, 0.25) is 0 Å². The average molecular weight is 260 g/mol. The maximum Gasteiger partial charge on any atom is 0.336 e. The predicted octanol–water partition coefficient (Wildman–Crippen LogP) is 4.05. The monoisotopic (exact) mass is 260 g/mol. The van der Waals surface area contributed by atoms with E-state index >= 15 is 0 Å². The largest absolute Gasteiger partial charge is 0.478 e. The smallest absolute Gasteiger partial charge is 0.336 e. The van der Waals surface area contributed by atoms with E-state index in [-0.39, 0.29) is 11.1 Å². The van der Waals surface area contributed by atoms with Crippen molar-refractivity contribution in [3.63, 3.8) is 0 Å². The lowest BCUT2D eigenvalue weighted by atomic mass is 9.87. The Morgan fingerprint density at radius 1 is 0.889 bits per heavy atom. The Morgan fingerprint density at radius 2 is 1.22 bits per heavy atom. The Bertz CT molecular complexity index is 458. The van der Waals surface area contributed by atoms with Gasteiger partial charge in [0.25, 0.3) is 0 Å². The third kappa shape index (κ3) is 2.21. The number of hydrogen-bond donors (Lipinski definition) is 1.